The largest absolute Gasteiger partial charge is 0.326 e. The molecule has 0 fully saturated rings. The Kier molecular flexibility index (Phi) is 5.57. The molecular formula is C11H26N2. The van der Waals surface area contributed by atoms with Gasteiger partial charge in [0.05, 0.1) is 0 Å². The van der Waals surface area contributed by atoms with E-state index in [0.29, 0.717) is 23.9 Å². The maximum absolute atomic E-state index is 6.01. The van der Waals surface area contributed by atoms with E-state index in [2.05, 4.69) is 46.6 Å². The average molecular weight is 186 g/mol. The first kappa shape index (κ1) is 12.9. The van der Waals surface area contributed by atoms with Crippen LogP contribution < -0.4 is 5.73 Å². The number of nitrogens with two attached hydrogens (primary N) is 1. The molecule has 2 N–H and O–H groups in total. The number of hydrogen-bond donors (Lipinski definition) is 1. The minimum atomic E-state index is 0.297. The average Bonchev–Trinajstić information content (AvgIpc) is 2.02. The van der Waals surface area contributed by atoms with E-state index >= 15 is 0 Å². The molecule has 0 aromatic rings. The molecule has 80 valence electrons. The summed E-state index contributed by atoms with van der Waals surface area (Å²) < 4.78 is 0. The molecule has 0 radical (unpaired) electrons. The van der Waals surface area contributed by atoms with Crippen LogP contribution in [0.1, 0.15) is 34.6 Å². The van der Waals surface area contributed by atoms with Crippen molar-refractivity contribution >= 4 is 0 Å². The Balaban J connectivity index is 3.92. The van der Waals surface area contributed by atoms with Crippen molar-refractivity contribution < 1.29 is 0 Å². The smallest absolute Gasteiger partial charge is 0.0191 e. The summed E-state index contributed by atoms with van der Waals surface area (Å²) in [5.41, 5.74) is 6.01. The standard InChI is InChI=1S/C11H26N2/c1-8(2)10(5)13(6)7-11(12)9(3)4/h8-11H,7,12H2,1-6H3. The molecule has 0 bridgehead atoms. The summed E-state index contributed by atoms with van der Waals surface area (Å²) in [6, 6.07) is 0.913. The van der Waals surface area contributed by atoms with E-state index in [1.807, 2.05) is 0 Å². The van der Waals surface area contributed by atoms with Gasteiger partial charge in [0.1, 0.15) is 0 Å². The van der Waals surface area contributed by atoms with Crippen LogP contribution >= 0.6 is 0 Å². The second-order valence-corrected chi connectivity index (χ2v) is 4.83. The van der Waals surface area contributed by atoms with Crippen LogP contribution in [0.2, 0.25) is 0 Å². The molecule has 0 aromatic heterocycles. The highest BCUT2D eigenvalue weighted by atomic mass is 15.1. The molecule has 0 aliphatic carbocycles. The summed E-state index contributed by atoms with van der Waals surface area (Å²) in [6.07, 6.45) is 0. The molecule has 2 atom stereocenters. The van der Waals surface area contributed by atoms with Crippen molar-refractivity contribution in [1.82, 2.24) is 4.90 Å². The molecule has 13 heavy (non-hydrogen) atoms. The van der Waals surface area contributed by atoms with Crippen molar-refractivity contribution in [2.75, 3.05) is 13.6 Å². The molecule has 0 rings (SSSR count). The molecule has 0 saturated carbocycles. The third-order valence-corrected chi connectivity index (χ3v) is 3.02. The second-order valence-electron chi connectivity index (χ2n) is 4.83. The lowest BCUT2D eigenvalue weighted by Crippen LogP contribution is -2.44. The third-order valence-electron chi connectivity index (χ3n) is 3.02. The maximum atomic E-state index is 6.01. The highest BCUT2D eigenvalue weighted by Crippen LogP contribution is 2.09. The highest BCUT2D eigenvalue weighted by Gasteiger charge is 2.16. The first-order valence-electron chi connectivity index (χ1n) is 5.32. The van der Waals surface area contributed by atoms with Gasteiger partial charge in [-0.3, -0.25) is 0 Å². The number of hydrogen-bond acceptors (Lipinski definition) is 2. The lowest BCUT2D eigenvalue weighted by atomic mass is 10.0. The number of rotatable bonds is 5. The van der Waals surface area contributed by atoms with E-state index in [4.69, 9.17) is 5.73 Å². The first-order chi connectivity index (χ1) is 5.86. The van der Waals surface area contributed by atoms with Crippen molar-refractivity contribution in [2.45, 2.75) is 46.7 Å². The van der Waals surface area contributed by atoms with Gasteiger partial charge in [-0.1, -0.05) is 27.7 Å². The van der Waals surface area contributed by atoms with E-state index in [-0.39, 0.29) is 0 Å². The first-order valence-corrected chi connectivity index (χ1v) is 5.32. The quantitative estimate of drug-likeness (QED) is 0.711. The van der Waals surface area contributed by atoms with Crippen molar-refractivity contribution in [2.24, 2.45) is 17.6 Å². The molecule has 2 heteroatoms. The zero-order chi connectivity index (χ0) is 10.6. The van der Waals surface area contributed by atoms with E-state index in [0.717, 1.165) is 6.54 Å². The van der Waals surface area contributed by atoms with Gasteiger partial charge < -0.3 is 10.6 Å². The Labute approximate surface area is 83.5 Å². The molecular weight excluding hydrogens is 160 g/mol. The molecule has 0 amide bonds. The summed E-state index contributed by atoms with van der Waals surface area (Å²) in [5.74, 6) is 1.27. The van der Waals surface area contributed by atoms with Gasteiger partial charge in [-0.15, -0.1) is 0 Å². The zero-order valence-corrected chi connectivity index (χ0v) is 10.0. The van der Waals surface area contributed by atoms with E-state index < -0.39 is 0 Å². The lowest BCUT2D eigenvalue weighted by molar-refractivity contribution is 0.185. The minimum absolute atomic E-state index is 0.297. The van der Waals surface area contributed by atoms with Crippen LogP contribution in [0.15, 0.2) is 0 Å². The highest BCUT2D eigenvalue weighted by molar-refractivity contribution is 4.74. The second kappa shape index (κ2) is 5.61. The van der Waals surface area contributed by atoms with Gasteiger partial charge in [-0.05, 0) is 25.8 Å². The minimum Gasteiger partial charge on any atom is -0.326 e. The maximum Gasteiger partial charge on any atom is 0.0191 e. The molecule has 0 heterocycles. The van der Waals surface area contributed by atoms with E-state index in [9.17, 15) is 0 Å². The number of likely N-dealkylation sites (N-methyl/N-ethyl adjacent to an activating group) is 1. The Morgan fingerprint density at radius 2 is 1.46 bits per heavy atom. The van der Waals surface area contributed by atoms with Crippen LogP contribution in [0.25, 0.3) is 0 Å². The fraction of sp³-hybridized carbons (Fsp3) is 1.00. The van der Waals surface area contributed by atoms with Gasteiger partial charge in [0.25, 0.3) is 0 Å². The van der Waals surface area contributed by atoms with Crippen LogP contribution in [0.3, 0.4) is 0 Å². The topological polar surface area (TPSA) is 29.3 Å². The Morgan fingerprint density at radius 3 is 1.77 bits per heavy atom. The lowest BCUT2D eigenvalue weighted by Gasteiger charge is -2.31. The predicted molar refractivity (Wildman–Crippen MR) is 59.7 cm³/mol. The Bertz CT molecular complexity index is 132. The zero-order valence-electron chi connectivity index (χ0n) is 10.0. The molecule has 0 spiro atoms. The monoisotopic (exact) mass is 186 g/mol. The molecule has 2 nitrogen and oxygen atoms in total. The molecule has 0 aromatic carbocycles. The predicted octanol–water partition coefficient (Wildman–Crippen LogP) is 1.95. The van der Waals surface area contributed by atoms with Crippen LogP contribution in [-0.2, 0) is 0 Å². The van der Waals surface area contributed by atoms with Crippen LogP contribution in [0.4, 0.5) is 0 Å². The Hall–Kier alpha value is -0.0800. The fourth-order valence-corrected chi connectivity index (χ4v) is 1.22. The molecule has 2 unspecified atom stereocenters. The van der Waals surface area contributed by atoms with Gasteiger partial charge in [0, 0.05) is 18.6 Å². The van der Waals surface area contributed by atoms with Gasteiger partial charge in [0.15, 0.2) is 0 Å². The Morgan fingerprint density at radius 1 is 1.00 bits per heavy atom. The third kappa shape index (κ3) is 4.63. The van der Waals surface area contributed by atoms with E-state index in [1.165, 1.54) is 0 Å². The van der Waals surface area contributed by atoms with Crippen molar-refractivity contribution in [1.29, 1.82) is 0 Å². The molecule has 0 saturated heterocycles. The van der Waals surface area contributed by atoms with Crippen molar-refractivity contribution in [3.63, 3.8) is 0 Å². The van der Waals surface area contributed by atoms with Crippen molar-refractivity contribution in [3.05, 3.63) is 0 Å². The number of nitrogens with zero attached hydrogens (tertiary/aromatic N) is 1. The van der Waals surface area contributed by atoms with Gasteiger partial charge in [0.2, 0.25) is 0 Å². The van der Waals surface area contributed by atoms with Crippen molar-refractivity contribution in [3.8, 4) is 0 Å². The van der Waals surface area contributed by atoms with Gasteiger partial charge in [-0.25, -0.2) is 0 Å². The summed E-state index contributed by atoms with van der Waals surface area (Å²) >= 11 is 0. The van der Waals surface area contributed by atoms with Crippen LogP contribution in [0.5, 0.6) is 0 Å². The van der Waals surface area contributed by atoms with Gasteiger partial charge in [-0.2, -0.15) is 0 Å². The van der Waals surface area contributed by atoms with E-state index in [1.54, 1.807) is 0 Å². The summed E-state index contributed by atoms with van der Waals surface area (Å²) in [6.45, 7) is 12.1. The fourth-order valence-electron chi connectivity index (χ4n) is 1.22. The normalized spacial score (nSPS) is 17.1. The van der Waals surface area contributed by atoms with Crippen LogP contribution in [0, 0.1) is 11.8 Å². The summed E-state index contributed by atoms with van der Waals surface area (Å²) in [4.78, 5) is 2.36. The molecule has 0 aliphatic heterocycles. The summed E-state index contributed by atoms with van der Waals surface area (Å²) in [5, 5.41) is 0. The van der Waals surface area contributed by atoms with Crippen LogP contribution in [-0.4, -0.2) is 30.6 Å². The molecule has 0 aliphatic rings. The SMILES string of the molecule is CC(C)C(N)CN(C)C(C)C(C)C. The van der Waals surface area contributed by atoms with Gasteiger partial charge >= 0.3 is 0 Å². The summed E-state index contributed by atoms with van der Waals surface area (Å²) in [7, 11) is 2.16.